The SMILES string of the molecule is CC1CN(Cc2ccc3ccccc3n2)CC(C)N1.Cl.Cl. The Morgan fingerprint density at radius 1 is 1.05 bits per heavy atom. The molecule has 2 heterocycles. The molecule has 0 spiro atoms. The number of benzene rings is 1. The lowest BCUT2D eigenvalue weighted by Gasteiger charge is -2.35. The molecule has 0 amide bonds. The van der Waals surface area contributed by atoms with Crippen LogP contribution < -0.4 is 5.32 Å². The summed E-state index contributed by atoms with van der Waals surface area (Å²) < 4.78 is 0. The lowest BCUT2D eigenvalue weighted by Crippen LogP contribution is -2.53. The molecule has 0 radical (unpaired) electrons. The van der Waals surface area contributed by atoms with E-state index in [0.717, 1.165) is 25.2 Å². The number of fused-ring (bicyclic) bond motifs is 1. The molecule has 1 aromatic heterocycles. The van der Waals surface area contributed by atoms with Crippen molar-refractivity contribution in [2.75, 3.05) is 13.1 Å². The molecule has 1 N–H and O–H groups in total. The van der Waals surface area contributed by atoms with Crippen molar-refractivity contribution < 1.29 is 0 Å². The second-order valence-corrected chi connectivity index (χ2v) is 5.66. The van der Waals surface area contributed by atoms with Gasteiger partial charge in [-0.15, -0.1) is 24.8 Å². The van der Waals surface area contributed by atoms with E-state index in [0.29, 0.717) is 12.1 Å². The summed E-state index contributed by atoms with van der Waals surface area (Å²) in [6.07, 6.45) is 0. The molecule has 2 atom stereocenters. The summed E-state index contributed by atoms with van der Waals surface area (Å²) in [6, 6.07) is 13.8. The monoisotopic (exact) mass is 327 g/mol. The van der Waals surface area contributed by atoms with Gasteiger partial charge in [-0.05, 0) is 26.0 Å². The number of nitrogens with one attached hydrogen (secondary N) is 1. The van der Waals surface area contributed by atoms with Gasteiger partial charge in [-0.3, -0.25) is 9.88 Å². The summed E-state index contributed by atoms with van der Waals surface area (Å²) >= 11 is 0. The fraction of sp³-hybridized carbons (Fsp3) is 0.438. The van der Waals surface area contributed by atoms with Crippen molar-refractivity contribution in [1.29, 1.82) is 0 Å². The van der Waals surface area contributed by atoms with E-state index in [1.165, 1.54) is 11.1 Å². The second kappa shape index (κ2) is 7.95. The van der Waals surface area contributed by atoms with Gasteiger partial charge in [-0.1, -0.05) is 24.3 Å². The molecule has 21 heavy (non-hydrogen) atoms. The summed E-state index contributed by atoms with van der Waals surface area (Å²) in [5.74, 6) is 0. The molecule has 1 fully saturated rings. The Hall–Kier alpha value is -0.870. The van der Waals surface area contributed by atoms with E-state index in [-0.39, 0.29) is 24.8 Å². The van der Waals surface area contributed by atoms with Gasteiger partial charge < -0.3 is 5.32 Å². The highest BCUT2D eigenvalue weighted by Crippen LogP contribution is 2.14. The average Bonchev–Trinajstić information content (AvgIpc) is 2.37. The first-order chi connectivity index (χ1) is 9.20. The van der Waals surface area contributed by atoms with Crippen LogP contribution in [0.1, 0.15) is 19.5 Å². The first-order valence-electron chi connectivity index (χ1n) is 7.04. The van der Waals surface area contributed by atoms with Crippen molar-refractivity contribution in [1.82, 2.24) is 15.2 Å². The van der Waals surface area contributed by atoms with Gasteiger partial charge in [0.2, 0.25) is 0 Å². The molecular formula is C16H23Cl2N3. The Kier molecular flexibility index (Phi) is 6.88. The van der Waals surface area contributed by atoms with E-state index in [1.807, 2.05) is 6.07 Å². The zero-order chi connectivity index (χ0) is 13.2. The zero-order valence-corrected chi connectivity index (χ0v) is 14.1. The molecule has 0 saturated carbocycles. The number of pyridine rings is 1. The van der Waals surface area contributed by atoms with E-state index in [2.05, 4.69) is 54.4 Å². The predicted octanol–water partition coefficient (Wildman–Crippen LogP) is 3.26. The number of piperazine rings is 1. The van der Waals surface area contributed by atoms with Crippen LogP contribution in [-0.2, 0) is 6.54 Å². The van der Waals surface area contributed by atoms with Crippen LogP contribution in [0.4, 0.5) is 0 Å². The molecule has 0 bridgehead atoms. The van der Waals surface area contributed by atoms with Crippen LogP contribution in [0.25, 0.3) is 10.9 Å². The third-order valence-electron chi connectivity index (χ3n) is 3.67. The first-order valence-corrected chi connectivity index (χ1v) is 7.04. The number of para-hydroxylation sites is 1. The van der Waals surface area contributed by atoms with Crippen LogP contribution in [0.5, 0.6) is 0 Å². The highest BCUT2D eigenvalue weighted by Gasteiger charge is 2.20. The highest BCUT2D eigenvalue weighted by atomic mass is 35.5. The molecule has 2 unspecified atom stereocenters. The number of halogens is 2. The molecule has 3 rings (SSSR count). The molecule has 1 aromatic carbocycles. The Bertz CT molecular complexity index is 566. The van der Waals surface area contributed by atoms with Gasteiger partial charge in [0, 0.05) is 37.1 Å². The highest BCUT2D eigenvalue weighted by molar-refractivity contribution is 5.85. The predicted molar refractivity (Wildman–Crippen MR) is 93.6 cm³/mol. The lowest BCUT2D eigenvalue weighted by atomic mass is 10.1. The molecule has 0 aliphatic carbocycles. The smallest absolute Gasteiger partial charge is 0.0705 e. The zero-order valence-electron chi connectivity index (χ0n) is 12.5. The minimum Gasteiger partial charge on any atom is -0.309 e. The molecule has 5 heteroatoms. The maximum atomic E-state index is 4.76. The molecular weight excluding hydrogens is 305 g/mol. The number of nitrogens with zero attached hydrogens (tertiary/aromatic N) is 2. The van der Waals surface area contributed by atoms with E-state index >= 15 is 0 Å². The Labute approximate surface area is 138 Å². The van der Waals surface area contributed by atoms with E-state index in [9.17, 15) is 0 Å². The Morgan fingerprint density at radius 3 is 2.43 bits per heavy atom. The average molecular weight is 328 g/mol. The Morgan fingerprint density at radius 2 is 1.71 bits per heavy atom. The minimum absolute atomic E-state index is 0. The van der Waals surface area contributed by atoms with Gasteiger partial charge in [0.05, 0.1) is 11.2 Å². The number of aromatic nitrogens is 1. The number of rotatable bonds is 2. The van der Waals surface area contributed by atoms with Crippen LogP contribution >= 0.6 is 24.8 Å². The van der Waals surface area contributed by atoms with Crippen LogP contribution in [0.2, 0.25) is 0 Å². The second-order valence-electron chi connectivity index (χ2n) is 5.66. The van der Waals surface area contributed by atoms with E-state index in [4.69, 9.17) is 4.98 Å². The maximum absolute atomic E-state index is 4.76. The summed E-state index contributed by atoms with van der Waals surface area (Å²) in [4.78, 5) is 7.25. The van der Waals surface area contributed by atoms with Crippen LogP contribution in [-0.4, -0.2) is 35.1 Å². The van der Waals surface area contributed by atoms with E-state index in [1.54, 1.807) is 0 Å². The van der Waals surface area contributed by atoms with Crippen molar-refractivity contribution in [3.63, 3.8) is 0 Å². The summed E-state index contributed by atoms with van der Waals surface area (Å²) in [5.41, 5.74) is 2.26. The van der Waals surface area contributed by atoms with Gasteiger partial charge in [0.25, 0.3) is 0 Å². The summed E-state index contributed by atoms with van der Waals surface area (Å²) in [6.45, 7) is 7.63. The van der Waals surface area contributed by atoms with Gasteiger partial charge in [0.15, 0.2) is 0 Å². The molecule has 1 saturated heterocycles. The third kappa shape index (κ3) is 4.55. The summed E-state index contributed by atoms with van der Waals surface area (Å²) in [7, 11) is 0. The largest absolute Gasteiger partial charge is 0.309 e. The van der Waals surface area contributed by atoms with Crippen molar-refractivity contribution in [2.45, 2.75) is 32.5 Å². The standard InChI is InChI=1S/C16H21N3.2ClH/c1-12-9-19(10-13(2)17-12)11-15-8-7-14-5-3-4-6-16(14)18-15;;/h3-8,12-13,17H,9-11H2,1-2H3;2*1H. The van der Waals surface area contributed by atoms with Crippen LogP contribution in [0, 0.1) is 0 Å². The van der Waals surface area contributed by atoms with Crippen molar-refractivity contribution in [3.8, 4) is 0 Å². The molecule has 1 aliphatic heterocycles. The van der Waals surface area contributed by atoms with Gasteiger partial charge in [-0.25, -0.2) is 0 Å². The van der Waals surface area contributed by atoms with Gasteiger partial charge in [-0.2, -0.15) is 0 Å². The first kappa shape index (κ1) is 18.2. The molecule has 2 aromatic rings. The van der Waals surface area contributed by atoms with E-state index < -0.39 is 0 Å². The van der Waals surface area contributed by atoms with Gasteiger partial charge in [0.1, 0.15) is 0 Å². The third-order valence-corrected chi connectivity index (χ3v) is 3.67. The molecule has 1 aliphatic rings. The normalized spacial score (nSPS) is 22.4. The lowest BCUT2D eigenvalue weighted by molar-refractivity contribution is 0.165. The molecule has 3 nitrogen and oxygen atoms in total. The van der Waals surface area contributed by atoms with Crippen LogP contribution in [0.3, 0.4) is 0 Å². The van der Waals surface area contributed by atoms with Crippen molar-refractivity contribution in [2.24, 2.45) is 0 Å². The van der Waals surface area contributed by atoms with Crippen molar-refractivity contribution in [3.05, 3.63) is 42.1 Å². The Balaban J connectivity index is 0.00000110. The van der Waals surface area contributed by atoms with Crippen molar-refractivity contribution >= 4 is 35.7 Å². The minimum atomic E-state index is 0. The molecule has 116 valence electrons. The maximum Gasteiger partial charge on any atom is 0.0705 e. The fourth-order valence-electron chi connectivity index (χ4n) is 2.99. The van der Waals surface area contributed by atoms with Crippen LogP contribution in [0.15, 0.2) is 36.4 Å². The number of hydrogen-bond acceptors (Lipinski definition) is 3. The summed E-state index contributed by atoms with van der Waals surface area (Å²) in [5, 5.41) is 4.78. The number of hydrogen-bond donors (Lipinski definition) is 1. The topological polar surface area (TPSA) is 28.2 Å². The fourth-order valence-corrected chi connectivity index (χ4v) is 2.99. The quantitative estimate of drug-likeness (QED) is 0.917. The van der Waals surface area contributed by atoms with Gasteiger partial charge >= 0.3 is 0 Å².